The maximum atomic E-state index is 11.3. The molecule has 1 aliphatic rings. The quantitative estimate of drug-likeness (QED) is 0.576. The number of Topliss-reactive ketones (excluding diaryl/α,β-unsaturated/α-hetero) is 1. The summed E-state index contributed by atoms with van der Waals surface area (Å²) in [6.45, 7) is 0. The molecule has 1 aromatic carbocycles. The van der Waals surface area contributed by atoms with Crippen LogP contribution in [0.1, 0.15) is 22.0 Å². The van der Waals surface area contributed by atoms with Crippen molar-refractivity contribution in [3.8, 4) is 0 Å². The van der Waals surface area contributed by atoms with E-state index >= 15 is 0 Å². The van der Waals surface area contributed by atoms with E-state index in [0.29, 0.717) is 5.56 Å². The molecule has 0 amide bonds. The van der Waals surface area contributed by atoms with Crippen LogP contribution in [-0.4, -0.2) is 17.0 Å². The van der Waals surface area contributed by atoms with Crippen molar-refractivity contribution in [3.63, 3.8) is 0 Å². The molecule has 0 saturated carbocycles. The Morgan fingerprint density at radius 2 is 2.00 bits per heavy atom. The average molecular weight is 163 g/mol. The Kier molecular flexibility index (Phi) is 1.49. The van der Waals surface area contributed by atoms with Crippen molar-refractivity contribution in [1.82, 2.24) is 0 Å². The second-order valence-electron chi connectivity index (χ2n) is 2.92. The molecule has 3 N–H and O–H groups in total. The van der Waals surface area contributed by atoms with Crippen molar-refractivity contribution < 1.29 is 9.90 Å². The maximum Gasteiger partial charge on any atom is 0.193 e. The van der Waals surface area contributed by atoms with Gasteiger partial charge in [0.05, 0.1) is 6.04 Å². The normalized spacial score (nSPS) is 27.3. The number of aliphatic hydroxyl groups is 1. The molecule has 1 aromatic rings. The van der Waals surface area contributed by atoms with Crippen LogP contribution in [0.25, 0.3) is 0 Å². The number of aliphatic hydroxyl groups excluding tert-OH is 1. The number of hydrogen-bond donors (Lipinski definition) is 2. The Morgan fingerprint density at radius 3 is 2.67 bits per heavy atom. The number of fused-ring (bicyclic) bond motifs is 1. The highest BCUT2D eigenvalue weighted by atomic mass is 16.3. The predicted octanol–water partition coefficient (Wildman–Crippen LogP) is 0.244. The molecule has 2 atom stereocenters. The van der Waals surface area contributed by atoms with Gasteiger partial charge in [-0.25, -0.2) is 0 Å². The minimum Gasteiger partial charge on any atom is -0.383 e. The molecule has 0 heterocycles. The molecular weight excluding hydrogens is 154 g/mol. The smallest absolute Gasteiger partial charge is 0.193 e. The Morgan fingerprint density at radius 1 is 1.33 bits per heavy atom. The van der Waals surface area contributed by atoms with Crippen LogP contribution in [0.2, 0.25) is 0 Å². The second-order valence-corrected chi connectivity index (χ2v) is 2.92. The highest BCUT2D eigenvalue weighted by molar-refractivity contribution is 6.04. The van der Waals surface area contributed by atoms with Gasteiger partial charge in [-0.05, 0) is 5.56 Å². The van der Waals surface area contributed by atoms with Crippen LogP contribution < -0.4 is 5.73 Å². The van der Waals surface area contributed by atoms with Gasteiger partial charge in [-0.3, -0.25) is 4.79 Å². The Balaban J connectivity index is 2.59. The van der Waals surface area contributed by atoms with Crippen molar-refractivity contribution in [2.24, 2.45) is 5.73 Å². The highest BCUT2D eigenvalue weighted by Gasteiger charge is 2.35. The number of carbonyl (C=O) groups is 1. The summed E-state index contributed by atoms with van der Waals surface area (Å²) in [7, 11) is 0. The van der Waals surface area contributed by atoms with Gasteiger partial charge in [0.2, 0.25) is 0 Å². The van der Waals surface area contributed by atoms with Gasteiger partial charge in [-0.2, -0.15) is 0 Å². The molecule has 3 nitrogen and oxygen atoms in total. The lowest BCUT2D eigenvalue weighted by Crippen LogP contribution is -2.25. The van der Waals surface area contributed by atoms with Gasteiger partial charge in [-0.15, -0.1) is 0 Å². The maximum absolute atomic E-state index is 11.3. The van der Waals surface area contributed by atoms with E-state index in [1.807, 2.05) is 6.07 Å². The second kappa shape index (κ2) is 2.40. The summed E-state index contributed by atoms with van der Waals surface area (Å²) in [6, 6.07) is 6.49. The number of carbonyl (C=O) groups excluding carboxylic acids is 1. The molecule has 0 aromatic heterocycles. The number of benzene rings is 1. The SMILES string of the molecule is N[C@H]1c2ccccc2C(=O)[C@@H]1O. The lowest BCUT2D eigenvalue weighted by atomic mass is 10.1. The summed E-state index contributed by atoms with van der Waals surface area (Å²) >= 11 is 0. The monoisotopic (exact) mass is 163 g/mol. The van der Waals surface area contributed by atoms with Gasteiger partial charge in [0, 0.05) is 5.56 Å². The molecule has 0 aliphatic heterocycles. The molecular formula is C9H9NO2. The molecule has 0 spiro atoms. The average Bonchev–Trinajstić information content (AvgIpc) is 2.33. The van der Waals surface area contributed by atoms with Gasteiger partial charge in [0.15, 0.2) is 5.78 Å². The first-order valence-electron chi connectivity index (χ1n) is 3.78. The molecule has 2 rings (SSSR count). The summed E-state index contributed by atoms with van der Waals surface area (Å²) in [5.41, 5.74) is 6.91. The molecule has 3 heteroatoms. The Hall–Kier alpha value is -1.19. The van der Waals surface area contributed by atoms with Crippen LogP contribution in [-0.2, 0) is 0 Å². The summed E-state index contributed by atoms with van der Waals surface area (Å²) in [5.74, 6) is -0.266. The Labute approximate surface area is 69.8 Å². The summed E-state index contributed by atoms with van der Waals surface area (Å²) in [6.07, 6.45) is -1.05. The van der Waals surface area contributed by atoms with Crippen LogP contribution >= 0.6 is 0 Å². The first-order chi connectivity index (χ1) is 5.72. The third-order valence-corrected chi connectivity index (χ3v) is 2.19. The summed E-state index contributed by atoms with van der Waals surface area (Å²) < 4.78 is 0. The number of nitrogens with two attached hydrogens (primary N) is 1. The standard InChI is InChI=1S/C9H9NO2/c10-7-5-3-1-2-4-6(5)8(11)9(7)12/h1-4,7,9,12H,10H2/t7-,9+/m0/s1. The fourth-order valence-electron chi connectivity index (χ4n) is 1.50. The molecule has 0 radical (unpaired) electrons. The van der Waals surface area contributed by atoms with Gasteiger partial charge >= 0.3 is 0 Å². The zero-order valence-corrected chi connectivity index (χ0v) is 6.40. The topological polar surface area (TPSA) is 63.3 Å². The third kappa shape index (κ3) is 0.807. The van der Waals surface area contributed by atoms with Crippen molar-refractivity contribution in [3.05, 3.63) is 35.4 Å². The van der Waals surface area contributed by atoms with E-state index in [2.05, 4.69) is 0 Å². The van der Waals surface area contributed by atoms with Crippen LogP contribution in [0.3, 0.4) is 0 Å². The van der Waals surface area contributed by atoms with Gasteiger partial charge in [-0.1, -0.05) is 24.3 Å². The van der Waals surface area contributed by atoms with E-state index in [1.54, 1.807) is 18.2 Å². The van der Waals surface area contributed by atoms with Crippen molar-refractivity contribution in [1.29, 1.82) is 0 Å². The van der Waals surface area contributed by atoms with Crippen LogP contribution in [0, 0.1) is 0 Å². The number of rotatable bonds is 0. The molecule has 0 fully saturated rings. The first kappa shape index (κ1) is 7.46. The summed E-state index contributed by atoms with van der Waals surface area (Å²) in [4.78, 5) is 11.3. The first-order valence-corrected chi connectivity index (χ1v) is 3.78. The van der Waals surface area contributed by atoms with Gasteiger partial charge in [0.25, 0.3) is 0 Å². The van der Waals surface area contributed by atoms with E-state index in [1.165, 1.54) is 0 Å². The fourth-order valence-corrected chi connectivity index (χ4v) is 1.50. The van der Waals surface area contributed by atoms with Crippen molar-refractivity contribution >= 4 is 5.78 Å². The lowest BCUT2D eigenvalue weighted by Gasteiger charge is -2.06. The Bertz CT molecular complexity index is 335. The number of hydrogen-bond acceptors (Lipinski definition) is 3. The minimum absolute atomic E-state index is 0.266. The summed E-state index contributed by atoms with van der Waals surface area (Å²) in [5, 5.41) is 9.31. The number of ketones is 1. The van der Waals surface area contributed by atoms with Gasteiger partial charge < -0.3 is 10.8 Å². The van der Waals surface area contributed by atoms with E-state index in [4.69, 9.17) is 5.73 Å². The lowest BCUT2D eigenvalue weighted by molar-refractivity contribution is 0.0736. The largest absolute Gasteiger partial charge is 0.383 e. The molecule has 0 bridgehead atoms. The zero-order chi connectivity index (χ0) is 8.72. The molecule has 0 unspecified atom stereocenters. The van der Waals surface area contributed by atoms with Crippen molar-refractivity contribution in [2.45, 2.75) is 12.1 Å². The van der Waals surface area contributed by atoms with Crippen LogP contribution in [0.15, 0.2) is 24.3 Å². The van der Waals surface area contributed by atoms with E-state index in [0.717, 1.165) is 5.56 Å². The predicted molar refractivity (Wildman–Crippen MR) is 43.7 cm³/mol. The molecule has 0 saturated heterocycles. The van der Waals surface area contributed by atoms with E-state index in [-0.39, 0.29) is 5.78 Å². The van der Waals surface area contributed by atoms with Gasteiger partial charge in [0.1, 0.15) is 6.10 Å². The van der Waals surface area contributed by atoms with E-state index < -0.39 is 12.1 Å². The highest BCUT2D eigenvalue weighted by Crippen LogP contribution is 2.28. The molecule has 12 heavy (non-hydrogen) atoms. The zero-order valence-electron chi connectivity index (χ0n) is 6.40. The molecule has 1 aliphatic carbocycles. The molecule has 62 valence electrons. The van der Waals surface area contributed by atoms with Crippen LogP contribution in [0.4, 0.5) is 0 Å². The van der Waals surface area contributed by atoms with Crippen LogP contribution in [0.5, 0.6) is 0 Å². The third-order valence-electron chi connectivity index (χ3n) is 2.19. The fraction of sp³-hybridized carbons (Fsp3) is 0.222. The van der Waals surface area contributed by atoms with Crippen molar-refractivity contribution in [2.75, 3.05) is 0 Å². The van der Waals surface area contributed by atoms with E-state index in [9.17, 15) is 9.90 Å². The minimum atomic E-state index is -1.05.